The summed E-state index contributed by atoms with van der Waals surface area (Å²) in [6, 6.07) is 13.3. The number of hydrogen-bond donors (Lipinski definition) is 2. The maximum atomic E-state index is 11.6. The fraction of sp³-hybridized carbons (Fsp3) is 0.136. The van der Waals surface area contributed by atoms with Crippen LogP contribution in [0.2, 0.25) is 0 Å². The van der Waals surface area contributed by atoms with Crippen molar-refractivity contribution in [2.24, 2.45) is 5.10 Å². The Balaban J connectivity index is 1.79. The van der Waals surface area contributed by atoms with Crippen molar-refractivity contribution < 1.29 is 24.3 Å². The predicted octanol–water partition coefficient (Wildman–Crippen LogP) is 4.03. The van der Waals surface area contributed by atoms with E-state index in [0.717, 1.165) is 11.1 Å². The van der Waals surface area contributed by atoms with E-state index in [1.54, 1.807) is 6.07 Å². The summed E-state index contributed by atoms with van der Waals surface area (Å²) < 4.78 is 11.0. The van der Waals surface area contributed by atoms with Crippen LogP contribution in [0.4, 0.5) is 11.5 Å². The highest BCUT2D eigenvalue weighted by Crippen LogP contribution is 2.38. The summed E-state index contributed by atoms with van der Waals surface area (Å²) >= 11 is 0. The largest absolute Gasteiger partial charge is 0.493 e. The molecule has 0 aliphatic carbocycles. The molecule has 0 fully saturated rings. The van der Waals surface area contributed by atoms with Crippen molar-refractivity contribution in [3.05, 3.63) is 87.1 Å². The van der Waals surface area contributed by atoms with E-state index in [1.807, 2.05) is 31.2 Å². The molecule has 32 heavy (non-hydrogen) atoms. The molecule has 2 N–H and O–H groups in total. The number of carbonyl (C=O) groups is 1. The van der Waals surface area contributed by atoms with Gasteiger partial charge in [0.2, 0.25) is 5.75 Å². The van der Waals surface area contributed by atoms with Gasteiger partial charge in [-0.1, -0.05) is 29.8 Å². The molecule has 0 saturated heterocycles. The number of nitrogens with one attached hydrogen (secondary N) is 1. The predicted molar refractivity (Wildman–Crippen MR) is 118 cm³/mol. The average Bonchev–Trinajstić information content (AvgIpc) is 2.77. The first-order chi connectivity index (χ1) is 15.4. The number of ether oxygens (including phenoxy) is 2. The van der Waals surface area contributed by atoms with Gasteiger partial charge in [0.25, 0.3) is 0 Å². The van der Waals surface area contributed by atoms with Crippen molar-refractivity contribution in [3.8, 4) is 11.5 Å². The minimum atomic E-state index is -1.09. The number of aromatic carboxylic acids is 1. The number of nitrogens with zero attached hydrogens (tertiary/aromatic N) is 3. The van der Waals surface area contributed by atoms with Crippen molar-refractivity contribution in [1.82, 2.24) is 4.98 Å². The Bertz CT molecular complexity index is 1160. The zero-order chi connectivity index (χ0) is 23.1. The van der Waals surface area contributed by atoms with Gasteiger partial charge in [-0.2, -0.15) is 5.10 Å². The van der Waals surface area contributed by atoms with Crippen molar-refractivity contribution in [1.29, 1.82) is 0 Å². The van der Waals surface area contributed by atoms with Crippen LogP contribution in [0, 0.1) is 17.0 Å². The van der Waals surface area contributed by atoms with Gasteiger partial charge in [-0.25, -0.2) is 9.78 Å². The summed E-state index contributed by atoms with van der Waals surface area (Å²) in [5, 5.41) is 24.5. The number of pyridine rings is 1. The van der Waals surface area contributed by atoms with Crippen LogP contribution in [-0.4, -0.2) is 34.3 Å². The summed E-state index contributed by atoms with van der Waals surface area (Å²) in [7, 11) is 1.39. The maximum absolute atomic E-state index is 11.6. The first kappa shape index (κ1) is 22.2. The fourth-order valence-electron chi connectivity index (χ4n) is 2.83. The van der Waals surface area contributed by atoms with E-state index in [9.17, 15) is 14.9 Å². The second kappa shape index (κ2) is 10.0. The number of nitro benzene ring substituents is 1. The van der Waals surface area contributed by atoms with Gasteiger partial charge < -0.3 is 14.6 Å². The molecule has 0 aliphatic heterocycles. The lowest BCUT2D eigenvalue weighted by Gasteiger charge is -2.12. The lowest BCUT2D eigenvalue weighted by atomic mass is 10.1. The number of methoxy groups -OCH3 is 1. The van der Waals surface area contributed by atoms with Crippen LogP contribution < -0.4 is 14.9 Å². The van der Waals surface area contributed by atoms with E-state index in [4.69, 9.17) is 14.6 Å². The third-order valence-electron chi connectivity index (χ3n) is 4.34. The molecule has 0 aliphatic rings. The Morgan fingerprint density at radius 1 is 1.28 bits per heavy atom. The monoisotopic (exact) mass is 436 g/mol. The quantitative estimate of drug-likeness (QED) is 0.291. The lowest BCUT2D eigenvalue weighted by Crippen LogP contribution is -2.03. The number of carboxylic acid groups (broad SMARTS) is 1. The SMILES string of the molecule is COc1cc(/C=N/Nc2ccc(C(=O)O)cn2)cc([N+](=O)[O-])c1OCc1cccc(C)c1. The van der Waals surface area contributed by atoms with Gasteiger partial charge in [0.1, 0.15) is 12.4 Å². The number of hydrazone groups is 1. The summed E-state index contributed by atoms with van der Waals surface area (Å²) in [4.78, 5) is 25.9. The molecule has 0 atom stereocenters. The van der Waals surface area contributed by atoms with E-state index < -0.39 is 10.9 Å². The van der Waals surface area contributed by atoms with Crippen LogP contribution in [0.1, 0.15) is 27.0 Å². The van der Waals surface area contributed by atoms with E-state index in [0.29, 0.717) is 11.4 Å². The molecule has 1 aromatic heterocycles. The molecule has 10 heteroatoms. The molecule has 10 nitrogen and oxygen atoms in total. The average molecular weight is 436 g/mol. The number of hydrogen-bond acceptors (Lipinski definition) is 8. The van der Waals surface area contributed by atoms with E-state index in [2.05, 4.69) is 15.5 Å². The molecule has 0 unspecified atom stereocenters. The molecule has 0 bridgehead atoms. The van der Waals surface area contributed by atoms with E-state index >= 15 is 0 Å². The number of carboxylic acids is 1. The molecule has 0 amide bonds. The van der Waals surface area contributed by atoms with E-state index in [1.165, 1.54) is 37.7 Å². The van der Waals surface area contributed by atoms with Gasteiger partial charge in [-0.3, -0.25) is 15.5 Å². The van der Waals surface area contributed by atoms with Crippen molar-refractivity contribution in [3.63, 3.8) is 0 Å². The Hall–Kier alpha value is -4.47. The highest BCUT2D eigenvalue weighted by molar-refractivity contribution is 5.87. The normalized spacial score (nSPS) is 10.7. The molecule has 3 rings (SSSR count). The second-order valence-electron chi connectivity index (χ2n) is 6.71. The summed E-state index contributed by atoms with van der Waals surface area (Å²) in [5.41, 5.74) is 4.74. The Kier molecular flexibility index (Phi) is 6.96. The fourth-order valence-corrected chi connectivity index (χ4v) is 2.83. The minimum absolute atomic E-state index is 0.0232. The Morgan fingerprint density at radius 2 is 2.09 bits per heavy atom. The summed E-state index contributed by atoms with van der Waals surface area (Å²) in [5.74, 6) is -0.560. The molecule has 164 valence electrons. The van der Waals surface area contributed by atoms with Gasteiger partial charge >= 0.3 is 11.7 Å². The van der Waals surface area contributed by atoms with Crippen LogP contribution in [0.5, 0.6) is 11.5 Å². The highest BCUT2D eigenvalue weighted by Gasteiger charge is 2.22. The van der Waals surface area contributed by atoms with Crippen molar-refractivity contribution in [2.45, 2.75) is 13.5 Å². The Morgan fingerprint density at radius 3 is 2.72 bits per heavy atom. The summed E-state index contributed by atoms with van der Waals surface area (Å²) in [6.07, 6.45) is 2.54. The lowest BCUT2D eigenvalue weighted by molar-refractivity contribution is -0.386. The molecule has 0 saturated carbocycles. The smallest absolute Gasteiger partial charge is 0.337 e. The molecule has 3 aromatic rings. The van der Waals surface area contributed by atoms with Crippen LogP contribution in [0.15, 0.2) is 59.8 Å². The van der Waals surface area contributed by atoms with Gasteiger partial charge in [-0.05, 0) is 30.7 Å². The van der Waals surface area contributed by atoms with Crippen molar-refractivity contribution >= 4 is 23.7 Å². The summed E-state index contributed by atoms with van der Waals surface area (Å²) in [6.45, 7) is 2.09. The van der Waals surface area contributed by atoms with Gasteiger partial charge in [0, 0.05) is 17.8 Å². The zero-order valence-electron chi connectivity index (χ0n) is 17.3. The number of anilines is 1. The number of aromatic nitrogens is 1. The topological polar surface area (TPSA) is 136 Å². The standard InChI is InChI=1S/C22H20N4O6/c1-14-4-3-5-15(8-14)13-32-21-18(26(29)30)9-16(10-19(21)31-2)11-24-25-20-7-6-17(12-23-20)22(27)28/h3-12H,13H2,1-2H3,(H,23,25)(H,27,28)/b24-11+. The molecule has 2 aromatic carbocycles. The van der Waals surface area contributed by atoms with Crippen LogP contribution in [0.25, 0.3) is 0 Å². The third kappa shape index (κ3) is 5.57. The molecular formula is C22H20N4O6. The second-order valence-corrected chi connectivity index (χ2v) is 6.71. The first-order valence-corrected chi connectivity index (χ1v) is 9.40. The van der Waals surface area contributed by atoms with E-state index in [-0.39, 0.29) is 29.4 Å². The molecular weight excluding hydrogens is 416 g/mol. The molecule has 0 spiro atoms. The number of rotatable bonds is 9. The highest BCUT2D eigenvalue weighted by atomic mass is 16.6. The molecule has 1 heterocycles. The number of benzene rings is 2. The maximum Gasteiger partial charge on any atom is 0.337 e. The Labute approximate surface area is 183 Å². The van der Waals surface area contributed by atoms with Gasteiger partial charge in [-0.15, -0.1) is 0 Å². The third-order valence-corrected chi connectivity index (χ3v) is 4.34. The number of nitro groups is 1. The van der Waals surface area contributed by atoms with Crippen LogP contribution in [0.3, 0.4) is 0 Å². The van der Waals surface area contributed by atoms with Crippen molar-refractivity contribution in [2.75, 3.05) is 12.5 Å². The molecule has 0 radical (unpaired) electrons. The first-order valence-electron chi connectivity index (χ1n) is 9.40. The van der Waals surface area contributed by atoms with Crippen LogP contribution >= 0.6 is 0 Å². The zero-order valence-corrected chi connectivity index (χ0v) is 17.3. The van der Waals surface area contributed by atoms with Gasteiger partial charge in [0.05, 0.1) is 23.8 Å². The van der Waals surface area contributed by atoms with Gasteiger partial charge in [0.15, 0.2) is 5.75 Å². The number of aryl methyl sites for hydroxylation is 1. The minimum Gasteiger partial charge on any atom is -0.493 e. The van der Waals surface area contributed by atoms with Crippen LogP contribution in [-0.2, 0) is 6.61 Å².